The largest absolute Gasteiger partial charge is 2.00 e. The average molecular weight is 279 g/mol. The summed E-state index contributed by atoms with van der Waals surface area (Å²) in [7, 11) is 0. The van der Waals surface area contributed by atoms with Gasteiger partial charge in [0.1, 0.15) is 0 Å². The van der Waals surface area contributed by atoms with Crippen LogP contribution in [0.5, 0.6) is 11.5 Å². The third kappa shape index (κ3) is 3.92. The number of hydrogen-bond donors (Lipinski definition) is 0. The van der Waals surface area contributed by atoms with Gasteiger partial charge in [0.05, 0.1) is 0 Å². The van der Waals surface area contributed by atoms with Crippen LogP contribution in [-0.2, 0) is 29.3 Å². The molecule has 0 saturated carbocycles. The standard InChI is InChI=1S/C14H22O2.Ni/c1-4-6-7-8-11-9-10(3)13(15)14(16)12(11)5-2;/h9,15-16H,4-8H2,1-3H3;/q;+2/p-2. The summed E-state index contributed by atoms with van der Waals surface area (Å²) in [5.74, 6) is -0.606. The van der Waals surface area contributed by atoms with Crippen LogP contribution in [-0.4, -0.2) is 0 Å². The van der Waals surface area contributed by atoms with Crippen LogP contribution in [0.1, 0.15) is 49.8 Å². The van der Waals surface area contributed by atoms with Crippen molar-refractivity contribution < 1.29 is 26.7 Å². The minimum Gasteiger partial charge on any atom is -0.873 e. The summed E-state index contributed by atoms with van der Waals surface area (Å²) in [5.41, 5.74) is 2.40. The Kier molecular flexibility index (Phi) is 7.30. The Morgan fingerprint density at radius 3 is 2.24 bits per heavy atom. The molecule has 0 bridgehead atoms. The maximum absolute atomic E-state index is 11.8. The fourth-order valence-electron chi connectivity index (χ4n) is 2.05. The van der Waals surface area contributed by atoms with Gasteiger partial charge in [0.15, 0.2) is 0 Å². The number of hydrogen-bond acceptors (Lipinski definition) is 2. The molecule has 1 aromatic carbocycles. The molecule has 0 radical (unpaired) electrons. The molecule has 0 atom stereocenters. The Hall–Kier alpha value is -0.686. The first-order valence-electron chi connectivity index (χ1n) is 6.11. The molecule has 0 aliphatic carbocycles. The Bertz CT molecular complexity index is 362. The van der Waals surface area contributed by atoms with Crippen molar-refractivity contribution in [2.45, 2.75) is 52.9 Å². The van der Waals surface area contributed by atoms with Crippen LogP contribution in [0.2, 0.25) is 0 Å². The normalized spacial score (nSPS) is 10.1. The first-order valence-corrected chi connectivity index (χ1v) is 6.11. The van der Waals surface area contributed by atoms with E-state index >= 15 is 0 Å². The molecular weight excluding hydrogens is 259 g/mol. The molecule has 3 heteroatoms. The molecule has 0 saturated heterocycles. The van der Waals surface area contributed by atoms with Gasteiger partial charge < -0.3 is 10.2 Å². The molecule has 0 unspecified atom stereocenters. The van der Waals surface area contributed by atoms with Crippen molar-refractivity contribution in [2.24, 2.45) is 0 Å². The summed E-state index contributed by atoms with van der Waals surface area (Å²) in [6.45, 7) is 5.83. The zero-order chi connectivity index (χ0) is 12.1. The van der Waals surface area contributed by atoms with Crippen molar-refractivity contribution in [3.63, 3.8) is 0 Å². The Morgan fingerprint density at radius 2 is 1.71 bits per heavy atom. The van der Waals surface area contributed by atoms with Gasteiger partial charge in [-0.3, -0.25) is 0 Å². The second-order valence-corrected chi connectivity index (χ2v) is 4.30. The van der Waals surface area contributed by atoms with Crippen molar-refractivity contribution in [2.75, 3.05) is 0 Å². The predicted molar refractivity (Wildman–Crippen MR) is 62.7 cm³/mol. The minimum atomic E-state index is -0.323. The Labute approximate surface area is 114 Å². The van der Waals surface area contributed by atoms with Crippen molar-refractivity contribution in [3.05, 3.63) is 22.8 Å². The van der Waals surface area contributed by atoms with Crippen LogP contribution < -0.4 is 10.2 Å². The first kappa shape index (κ1) is 16.3. The minimum absolute atomic E-state index is 0. The smallest absolute Gasteiger partial charge is 0.873 e. The molecule has 98 valence electrons. The summed E-state index contributed by atoms with van der Waals surface area (Å²) in [5, 5.41) is 23.3. The summed E-state index contributed by atoms with van der Waals surface area (Å²) in [6.07, 6.45) is 5.03. The fraction of sp³-hybridized carbons (Fsp3) is 0.571. The van der Waals surface area contributed by atoms with Crippen molar-refractivity contribution in [1.82, 2.24) is 0 Å². The van der Waals surface area contributed by atoms with E-state index in [1.54, 1.807) is 6.92 Å². The molecule has 1 aromatic rings. The SMILES string of the molecule is CCCCCc1cc(C)c([O-])c([O-])c1CC.[Ni+2]. The van der Waals surface area contributed by atoms with Crippen LogP contribution in [0, 0.1) is 6.92 Å². The molecule has 0 aromatic heterocycles. The van der Waals surface area contributed by atoms with E-state index in [1.165, 1.54) is 12.8 Å². The summed E-state index contributed by atoms with van der Waals surface area (Å²) in [6, 6.07) is 1.90. The predicted octanol–water partition coefficient (Wildman–Crippen LogP) is 2.43. The topological polar surface area (TPSA) is 46.1 Å². The van der Waals surface area contributed by atoms with Gasteiger partial charge in [-0.1, -0.05) is 43.9 Å². The molecule has 1 rings (SSSR count). The maximum Gasteiger partial charge on any atom is 2.00 e. The molecule has 0 heterocycles. The van der Waals surface area contributed by atoms with Gasteiger partial charge >= 0.3 is 16.5 Å². The van der Waals surface area contributed by atoms with Gasteiger partial charge in [0, 0.05) is 0 Å². The van der Waals surface area contributed by atoms with Gasteiger partial charge in [0.25, 0.3) is 0 Å². The molecule has 0 aliphatic heterocycles. The molecule has 0 amide bonds. The monoisotopic (exact) mass is 278 g/mol. The molecular formula is C14H20NiO2. The van der Waals surface area contributed by atoms with E-state index in [0.29, 0.717) is 12.0 Å². The molecule has 0 spiro atoms. The zero-order valence-electron chi connectivity index (χ0n) is 10.7. The molecule has 0 fully saturated rings. The third-order valence-corrected chi connectivity index (χ3v) is 3.02. The molecule has 0 aliphatic rings. The van der Waals surface area contributed by atoms with Gasteiger partial charge in [-0.05, 0) is 31.7 Å². The third-order valence-electron chi connectivity index (χ3n) is 3.02. The molecule has 2 nitrogen and oxygen atoms in total. The van der Waals surface area contributed by atoms with Crippen LogP contribution in [0.3, 0.4) is 0 Å². The Morgan fingerprint density at radius 1 is 1.06 bits per heavy atom. The summed E-state index contributed by atoms with van der Waals surface area (Å²) < 4.78 is 0. The van der Waals surface area contributed by atoms with E-state index in [0.717, 1.165) is 24.0 Å². The number of aryl methyl sites for hydroxylation is 2. The van der Waals surface area contributed by atoms with E-state index in [4.69, 9.17) is 0 Å². The van der Waals surface area contributed by atoms with Gasteiger partial charge in [-0.2, -0.15) is 0 Å². The van der Waals surface area contributed by atoms with Gasteiger partial charge in [-0.25, -0.2) is 0 Å². The van der Waals surface area contributed by atoms with Crippen molar-refractivity contribution in [3.8, 4) is 11.5 Å². The van der Waals surface area contributed by atoms with Crippen molar-refractivity contribution >= 4 is 0 Å². The Balaban J connectivity index is 0.00000256. The number of rotatable bonds is 5. The van der Waals surface area contributed by atoms with E-state index in [9.17, 15) is 10.2 Å². The first-order chi connectivity index (χ1) is 7.61. The van der Waals surface area contributed by atoms with E-state index < -0.39 is 0 Å². The van der Waals surface area contributed by atoms with Crippen LogP contribution in [0.25, 0.3) is 0 Å². The average Bonchev–Trinajstić information content (AvgIpc) is 2.27. The summed E-state index contributed by atoms with van der Waals surface area (Å²) >= 11 is 0. The number of benzene rings is 1. The van der Waals surface area contributed by atoms with Gasteiger partial charge in [-0.15, -0.1) is 11.5 Å². The molecule has 17 heavy (non-hydrogen) atoms. The second-order valence-electron chi connectivity index (χ2n) is 4.30. The second kappa shape index (κ2) is 7.60. The van der Waals surface area contributed by atoms with Crippen LogP contribution in [0.15, 0.2) is 6.07 Å². The van der Waals surface area contributed by atoms with Crippen LogP contribution >= 0.6 is 0 Å². The van der Waals surface area contributed by atoms with Crippen LogP contribution in [0.4, 0.5) is 0 Å². The summed E-state index contributed by atoms with van der Waals surface area (Å²) in [4.78, 5) is 0. The molecule has 0 N–H and O–H groups in total. The fourth-order valence-corrected chi connectivity index (χ4v) is 2.05. The zero-order valence-corrected chi connectivity index (χ0v) is 11.7. The maximum atomic E-state index is 11.8. The van der Waals surface area contributed by atoms with E-state index in [1.807, 2.05) is 13.0 Å². The van der Waals surface area contributed by atoms with Crippen molar-refractivity contribution in [1.29, 1.82) is 0 Å². The van der Waals surface area contributed by atoms with Gasteiger partial charge in [0.2, 0.25) is 0 Å². The van der Waals surface area contributed by atoms with E-state index in [2.05, 4.69) is 6.92 Å². The number of unbranched alkanes of at least 4 members (excludes halogenated alkanes) is 2. The quantitative estimate of drug-likeness (QED) is 0.613. The van der Waals surface area contributed by atoms with E-state index in [-0.39, 0.29) is 28.0 Å².